The van der Waals surface area contributed by atoms with Crippen LogP contribution in [0.25, 0.3) is 0 Å². The van der Waals surface area contributed by atoms with Gasteiger partial charge >= 0.3 is 0 Å². The van der Waals surface area contributed by atoms with Crippen molar-refractivity contribution in [2.45, 2.75) is 37.9 Å². The second-order valence-electron chi connectivity index (χ2n) is 5.38. The summed E-state index contributed by atoms with van der Waals surface area (Å²) < 4.78 is 14.4. The van der Waals surface area contributed by atoms with E-state index in [1.807, 2.05) is 6.92 Å². The van der Waals surface area contributed by atoms with Gasteiger partial charge in [-0.1, -0.05) is 0 Å². The molecule has 0 aromatic carbocycles. The summed E-state index contributed by atoms with van der Waals surface area (Å²) in [7, 11) is 0. The molecule has 0 unspecified atom stereocenters. The van der Waals surface area contributed by atoms with Gasteiger partial charge in [-0.15, -0.1) is 0 Å². The number of carbonyl (C=O) groups is 2. The van der Waals surface area contributed by atoms with Crippen LogP contribution >= 0.6 is 0 Å². The molecule has 0 aromatic heterocycles. The molecule has 6 heteroatoms. The number of hydrogen-bond donors (Lipinski definition) is 2. The summed E-state index contributed by atoms with van der Waals surface area (Å²) in [6.07, 6.45) is 1.58. The highest BCUT2D eigenvalue weighted by molar-refractivity contribution is 5.87. The average Bonchev–Trinajstić information content (AvgIpc) is 2.77. The number of halogens is 1. The monoisotopic (exact) mass is 257 g/mol. The molecular weight excluding hydrogens is 237 g/mol. The molecule has 2 aliphatic rings. The minimum atomic E-state index is -1.81. The Morgan fingerprint density at radius 1 is 1.44 bits per heavy atom. The lowest BCUT2D eigenvalue weighted by molar-refractivity contribution is -0.148. The number of nitrogens with one attached hydrogen (secondary N) is 1. The first kappa shape index (κ1) is 13.3. The van der Waals surface area contributed by atoms with Crippen molar-refractivity contribution >= 4 is 11.8 Å². The van der Waals surface area contributed by atoms with E-state index < -0.39 is 17.5 Å². The van der Waals surface area contributed by atoms with Crippen molar-refractivity contribution in [2.75, 3.05) is 19.6 Å². The quantitative estimate of drug-likeness (QED) is 0.719. The lowest BCUT2D eigenvalue weighted by atomic mass is 9.91. The maximum atomic E-state index is 14.4. The van der Waals surface area contributed by atoms with E-state index in [1.54, 1.807) is 0 Å². The largest absolute Gasteiger partial charge is 0.369 e. The standard InChI is InChI=1S/C12H20FN3O2/c1-8-2-3-9(10(14)17)6-16(8)11(18)12(13)4-5-15-7-12/h8-9,15H,2-7H2,1H3,(H2,14,17)/t8-,9-,12+/m1/s1. The van der Waals surface area contributed by atoms with Gasteiger partial charge in [-0.2, -0.15) is 0 Å². The molecule has 0 aliphatic carbocycles. The molecule has 0 radical (unpaired) electrons. The fourth-order valence-corrected chi connectivity index (χ4v) is 2.72. The maximum absolute atomic E-state index is 14.4. The van der Waals surface area contributed by atoms with E-state index in [2.05, 4.69) is 5.32 Å². The number of primary amides is 1. The van der Waals surface area contributed by atoms with Gasteiger partial charge in [-0.3, -0.25) is 9.59 Å². The van der Waals surface area contributed by atoms with Crippen LogP contribution in [0.1, 0.15) is 26.2 Å². The topological polar surface area (TPSA) is 75.4 Å². The SMILES string of the molecule is C[C@@H]1CC[C@@H](C(N)=O)CN1C(=O)[C@]1(F)CCNC1. The van der Waals surface area contributed by atoms with Crippen LogP contribution in [0.15, 0.2) is 0 Å². The lowest BCUT2D eigenvalue weighted by Gasteiger charge is -2.39. The third kappa shape index (κ3) is 2.34. The van der Waals surface area contributed by atoms with Crippen LogP contribution in [-0.4, -0.2) is 48.1 Å². The molecule has 102 valence electrons. The number of carbonyl (C=O) groups excluding carboxylic acids is 2. The van der Waals surface area contributed by atoms with E-state index in [1.165, 1.54) is 4.90 Å². The molecule has 2 aliphatic heterocycles. The fraction of sp³-hybridized carbons (Fsp3) is 0.833. The van der Waals surface area contributed by atoms with Crippen LogP contribution in [0.5, 0.6) is 0 Å². The molecule has 0 bridgehead atoms. The summed E-state index contributed by atoms with van der Waals surface area (Å²) in [5.41, 5.74) is 3.47. The Morgan fingerprint density at radius 2 is 2.17 bits per heavy atom. The van der Waals surface area contributed by atoms with Gasteiger partial charge in [0, 0.05) is 25.6 Å². The minimum absolute atomic E-state index is 0.0266. The van der Waals surface area contributed by atoms with E-state index in [9.17, 15) is 14.0 Å². The second kappa shape index (κ2) is 4.84. The Hall–Kier alpha value is -1.17. The molecule has 0 saturated carbocycles. The van der Waals surface area contributed by atoms with Crippen molar-refractivity contribution in [1.82, 2.24) is 10.2 Å². The highest BCUT2D eigenvalue weighted by Crippen LogP contribution is 2.28. The van der Waals surface area contributed by atoms with E-state index in [0.717, 1.165) is 0 Å². The molecule has 3 N–H and O–H groups in total. The zero-order valence-corrected chi connectivity index (χ0v) is 10.6. The van der Waals surface area contributed by atoms with Gasteiger partial charge in [0.15, 0.2) is 0 Å². The van der Waals surface area contributed by atoms with Gasteiger partial charge in [0.1, 0.15) is 0 Å². The fourth-order valence-electron chi connectivity index (χ4n) is 2.72. The molecular formula is C12H20FN3O2. The summed E-state index contributed by atoms with van der Waals surface area (Å²) in [6, 6.07) is -0.0266. The first-order valence-corrected chi connectivity index (χ1v) is 6.44. The van der Waals surface area contributed by atoms with Crippen LogP contribution in [0, 0.1) is 5.92 Å². The number of nitrogens with two attached hydrogens (primary N) is 1. The average molecular weight is 257 g/mol. The van der Waals surface area contributed by atoms with Crippen molar-refractivity contribution in [2.24, 2.45) is 11.7 Å². The molecule has 2 rings (SSSR count). The Balaban J connectivity index is 2.10. The first-order chi connectivity index (χ1) is 8.44. The molecule has 3 atom stereocenters. The normalized spacial score (nSPS) is 36.7. The van der Waals surface area contributed by atoms with Crippen molar-refractivity contribution in [3.63, 3.8) is 0 Å². The third-order valence-electron chi connectivity index (χ3n) is 4.03. The molecule has 2 fully saturated rings. The Bertz CT molecular complexity index is 355. The molecule has 0 aromatic rings. The third-order valence-corrected chi connectivity index (χ3v) is 4.03. The predicted octanol–water partition coefficient (Wildman–Crippen LogP) is -0.200. The Morgan fingerprint density at radius 3 is 2.72 bits per heavy atom. The zero-order chi connectivity index (χ0) is 13.3. The number of nitrogens with zero attached hydrogens (tertiary/aromatic N) is 1. The summed E-state index contributed by atoms with van der Waals surface area (Å²) in [5.74, 6) is -1.24. The second-order valence-corrected chi connectivity index (χ2v) is 5.38. The number of rotatable bonds is 2. The van der Waals surface area contributed by atoms with E-state index in [0.29, 0.717) is 19.4 Å². The van der Waals surface area contributed by atoms with Gasteiger partial charge in [0.05, 0.1) is 5.92 Å². The summed E-state index contributed by atoms with van der Waals surface area (Å²) in [5, 5.41) is 2.87. The van der Waals surface area contributed by atoms with E-state index in [-0.39, 0.29) is 31.5 Å². The molecule has 2 amide bonds. The maximum Gasteiger partial charge on any atom is 0.261 e. The Kier molecular flexibility index (Phi) is 3.56. The Labute approximate surface area is 106 Å². The summed E-state index contributed by atoms with van der Waals surface area (Å²) in [6.45, 7) is 2.72. The summed E-state index contributed by atoms with van der Waals surface area (Å²) in [4.78, 5) is 25.0. The van der Waals surface area contributed by atoms with Crippen LogP contribution in [0.3, 0.4) is 0 Å². The molecule has 2 saturated heterocycles. The van der Waals surface area contributed by atoms with Crippen LogP contribution in [-0.2, 0) is 9.59 Å². The lowest BCUT2D eigenvalue weighted by Crippen LogP contribution is -2.55. The molecule has 5 nitrogen and oxygen atoms in total. The van der Waals surface area contributed by atoms with Crippen molar-refractivity contribution in [3.05, 3.63) is 0 Å². The minimum Gasteiger partial charge on any atom is -0.369 e. The van der Waals surface area contributed by atoms with E-state index >= 15 is 0 Å². The van der Waals surface area contributed by atoms with Crippen LogP contribution in [0.4, 0.5) is 4.39 Å². The van der Waals surface area contributed by atoms with Gasteiger partial charge in [-0.25, -0.2) is 4.39 Å². The van der Waals surface area contributed by atoms with Crippen molar-refractivity contribution < 1.29 is 14.0 Å². The summed E-state index contributed by atoms with van der Waals surface area (Å²) >= 11 is 0. The van der Waals surface area contributed by atoms with Crippen molar-refractivity contribution in [1.29, 1.82) is 0 Å². The number of alkyl halides is 1. The molecule has 18 heavy (non-hydrogen) atoms. The smallest absolute Gasteiger partial charge is 0.261 e. The molecule has 2 heterocycles. The van der Waals surface area contributed by atoms with Gasteiger partial charge in [-0.05, 0) is 26.3 Å². The van der Waals surface area contributed by atoms with Gasteiger partial charge < -0.3 is 16.0 Å². The number of amides is 2. The van der Waals surface area contributed by atoms with E-state index in [4.69, 9.17) is 5.73 Å². The van der Waals surface area contributed by atoms with Crippen LogP contribution in [0.2, 0.25) is 0 Å². The van der Waals surface area contributed by atoms with Gasteiger partial charge in [0.25, 0.3) is 5.91 Å². The number of hydrogen-bond acceptors (Lipinski definition) is 3. The zero-order valence-electron chi connectivity index (χ0n) is 10.6. The number of likely N-dealkylation sites (tertiary alicyclic amines) is 1. The predicted molar refractivity (Wildman–Crippen MR) is 64.4 cm³/mol. The highest BCUT2D eigenvalue weighted by Gasteiger charge is 2.46. The van der Waals surface area contributed by atoms with Crippen LogP contribution < -0.4 is 11.1 Å². The van der Waals surface area contributed by atoms with Crippen molar-refractivity contribution in [3.8, 4) is 0 Å². The van der Waals surface area contributed by atoms with Gasteiger partial charge in [0.2, 0.25) is 11.6 Å². The molecule has 0 spiro atoms. The highest BCUT2D eigenvalue weighted by atomic mass is 19.1. The number of piperidine rings is 1. The first-order valence-electron chi connectivity index (χ1n) is 6.44.